The van der Waals surface area contributed by atoms with Gasteiger partial charge in [0.05, 0.1) is 11.6 Å². The van der Waals surface area contributed by atoms with E-state index in [9.17, 15) is 4.79 Å². The van der Waals surface area contributed by atoms with Gasteiger partial charge in [-0.2, -0.15) is 5.26 Å². The lowest BCUT2D eigenvalue weighted by atomic mass is 10.0. The highest BCUT2D eigenvalue weighted by Crippen LogP contribution is 2.23. The number of hydrogen-bond donors (Lipinski definition) is 2. The number of nitrogens with zero attached hydrogens (tertiary/aromatic N) is 1. The molecule has 0 saturated heterocycles. The lowest BCUT2D eigenvalue weighted by molar-refractivity contribution is -0.127. The molecule has 5 heteroatoms. The Morgan fingerprint density at radius 3 is 2.14 bits per heavy atom. The van der Waals surface area contributed by atoms with Gasteiger partial charge in [-0.3, -0.25) is 10.2 Å². The first-order chi connectivity index (χ1) is 10.1. The van der Waals surface area contributed by atoms with Crippen LogP contribution in [0.3, 0.4) is 0 Å². The number of amides is 1. The largest absolute Gasteiger partial charge is 0.481 e. The number of nitrogens with one attached hydrogen (secondary N) is 1. The molecule has 106 valence electrons. The van der Waals surface area contributed by atoms with E-state index in [1.165, 1.54) is 0 Å². The van der Waals surface area contributed by atoms with Gasteiger partial charge in [-0.1, -0.05) is 24.3 Å². The molecule has 0 aromatic heterocycles. The summed E-state index contributed by atoms with van der Waals surface area (Å²) in [4.78, 5) is 11.3. The summed E-state index contributed by atoms with van der Waals surface area (Å²) in [5, 5.41) is 8.78. The minimum Gasteiger partial charge on any atom is -0.481 e. The molecule has 0 bridgehead atoms. The van der Waals surface area contributed by atoms with Crippen LogP contribution in [-0.2, 0) is 4.79 Å². The fourth-order valence-corrected chi connectivity index (χ4v) is 1.84. The third-order valence-corrected chi connectivity index (χ3v) is 3.03. The summed E-state index contributed by atoms with van der Waals surface area (Å²) in [6.45, 7) is 1.62. The predicted octanol–water partition coefficient (Wildman–Crippen LogP) is 1.98. The monoisotopic (exact) mass is 281 g/mol. The predicted molar refractivity (Wildman–Crippen MR) is 79.0 cm³/mol. The van der Waals surface area contributed by atoms with Crippen molar-refractivity contribution >= 4 is 5.91 Å². The van der Waals surface area contributed by atoms with Crippen LogP contribution in [0.25, 0.3) is 11.1 Å². The molecule has 0 heterocycles. The second-order valence-corrected chi connectivity index (χ2v) is 4.48. The zero-order chi connectivity index (χ0) is 15.2. The van der Waals surface area contributed by atoms with E-state index in [1.807, 2.05) is 29.7 Å². The number of rotatable bonds is 4. The quantitative estimate of drug-likeness (QED) is 0.509. The molecule has 1 amide bonds. The van der Waals surface area contributed by atoms with Crippen molar-refractivity contribution < 1.29 is 9.53 Å². The van der Waals surface area contributed by atoms with Gasteiger partial charge < -0.3 is 4.74 Å². The molecule has 21 heavy (non-hydrogen) atoms. The number of hydrogen-bond acceptors (Lipinski definition) is 4. The number of ether oxygens (including phenoxy) is 1. The molecule has 2 aromatic carbocycles. The number of benzene rings is 2. The molecule has 0 aliphatic heterocycles. The molecule has 0 fully saturated rings. The van der Waals surface area contributed by atoms with Crippen molar-refractivity contribution in [3.8, 4) is 22.9 Å². The zero-order valence-electron chi connectivity index (χ0n) is 11.5. The molecule has 3 N–H and O–H groups in total. The first-order valence-electron chi connectivity index (χ1n) is 6.41. The second-order valence-electron chi connectivity index (χ2n) is 4.48. The van der Waals surface area contributed by atoms with E-state index in [4.69, 9.17) is 15.8 Å². The van der Waals surface area contributed by atoms with Crippen LogP contribution in [0.4, 0.5) is 0 Å². The number of carbonyl (C=O) groups is 1. The van der Waals surface area contributed by atoms with Crippen molar-refractivity contribution in [3.63, 3.8) is 0 Å². The Labute approximate surface area is 122 Å². The van der Waals surface area contributed by atoms with Gasteiger partial charge in [-0.05, 0) is 42.3 Å². The van der Waals surface area contributed by atoms with Gasteiger partial charge in [0.2, 0.25) is 0 Å². The maximum atomic E-state index is 11.3. The first kappa shape index (κ1) is 14.6. The number of nitriles is 1. The summed E-state index contributed by atoms with van der Waals surface area (Å²) in [5.41, 5.74) is 4.68. The van der Waals surface area contributed by atoms with Crippen LogP contribution in [0.15, 0.2) is 48.5 Å². The van der Waals surface area contributed by atoms with Crippen molar-refractivity contribution in [3.05, 3.63) is 54.1 Å². The van der Waals surface area contributed by atoms with Crippen LogP contribution in [0, 0.1) is 11.3 Å². The lowest BCUT2D eigenvalue weighted by Crippen LogP contribution is -2.40. The molecule has 0 saturated carbocycles. The van der Waals surface area contributed by atoms with Crippen LogP contribution in [0.2, 0.25) is 0 Å². The Hall–Kier alpha value is -2.84. The van der Waals surface area contributed by atoms with E-state index in [1.54, 1.807) is 31.2 Å². The maximum Gasteiger partial charge on any atom is 0.274 e. The summed E-state index contributed by atoms with van der Waals surface area (Å²) in [5.74, 6) is 5.25. The first-order valence-corrected chi connectivity index (χ1v) is 6.41. The van der Waals surface area contributed by atoms with Gasteiger partial charge in [-0.15, -0.1) is 0 Å². The molecule has 2 rings (SSSR count). The fourth-order valence-electron chi connectivity index (χ4n) is 1.84. The fraction of sp³-hybridized carbons (Fsp3) is 0.125. The molecule has 1 unspecified atom stereocenters. The summed E-state index contributed by atoms with van der Waals surface area (Å²) in [6, 6.07) is 16.8. The van der Waals surface area contributed by atoms with E-state index in [-0.39, 0.29) is 5.91 Å². The lowest BCUT2D eigenvalue weighted by Gasteiger charge is -2.13. The molecular formula is C16H15N3O2. The summed E-state index contributed by atoms with van der Waals surface area (Å²) >= 11 is 0. The standard InChI is InChI=1S/C16H15N3O2/c1-11(16(20)19-18)21-15-8-6-14(7-9-15)13-4-2-12(10-17)3-5-13/h2-9,11H,18H2,1H3,(H,19,20). The SMILES string of the molecule is CC(Oc1ccc(-c2ccc(C#N)cc2)cc1)C(=O)NN. The van der Waals surface area contributed by atoms with Crippen molar-refractivity contribution in [1.82, 2.24) is 5.43 Å². The normalized spacial score (nSPS) is 11.3. The van der Waals surface area contributed by atoms with Crippen LogP contribution in [-0.4, -0.2) is 12.0 Å². The average Bonchev–Trinajstić information content (AvgIpc) is 2.55. The molecule has 2 aromatic rings. The number of nitrogens with two attached hydrogens (primary N) is 1. The van der Waals surface area contributed by atoms with E-state index in [0.717, 1.165) is 11.1 Å². The van der Waals surface area contributed by atoms with E-state index in [2.05, 4.69) is 6.07 Å². The van der Waals surface area contributed by atoms with Crippen LogP contribution >= 0.6 is 0 Å². The molecule has 0 aliphatic rings. The van der Waals surface area contributed by atoms with E-state index >= 15 is 0 Å². The van der Waals surface area contributed by atoms with Crippen molar-refractivity contribution in [2.45, 2.75) is 13.0 Å². The Balaban J connectivity index is 2.11. The summed E-state index contributed by atoms with van der Waals surface area (Å²) < 4.78 is 5.46. The topological polar surface area (TPSA) is 88.1 Å². The Morgan fingerprint density at radius 1 is 1.14 bits per heavy atom. The Bertz CT molecular complexity index is 657. The summed E-state index contributed by atoms with van der Waals surface area (Å²) in [7, 11) is 0. The third-order valence-electron chi connectivity index (χ3n) is 3.03. The van der Waals surface area contributed by atoms with Crippen LogP contribution in [0.1, 0.15) is 12.5 Å². The number of carbonyl (C=O) groups excluding carboxylic acids is 1. The third kappa shape index (κ3) is 3.59. The van der Waals surface area contributed by atoms with Crippen molar-refractivity contribution in [1.29, 1.82) is 5.26 Å². The van der Waals surface area contributed by atoms with Gasteiger partial charge in [0.15, 0.2) is 6.10 Å². The minimum absolute atomic E-state index is 0.383. The van der Waals surface area contributed by atoms with Crippen molar-refractivity contribution in [2.24, 2.45) is 5.84 Å². The highest BCUT2D eigenvalue weighted by molar-refractivity contribution is 5.80. The maximum absolute atomic E-state index is 11.3. The molecule has 0 spiro atoms. The molecule has 0 aliphatic carbocycles. The molecular weight excluding hydrogens is 266 g/mol. The van der Waals surface area contributed by atoms with Gasteiger partial charge in [0.1, 0.15) is 5.75 Å². The van der Waals surface area contributed by atoms with E-state index < -0.39 is 6.10 Å². The van der Waals surface area contributed by atoms with Gasteiger partial charge in [0, 0.05) is 0 Å². The van der Waals surface area contributed by atoms with E-state index in [0.29, 0.717) is 11.3 Å². The zero-order valence-corrected chi connectivity index (χ0v) is 11.5. The number of hydrazine groups is 1. The van der Waals surface area contributed by atoms with Gasteiger partial charge >= 0.3 is 0 Å². The Morgan fingerprint density at radius 2 is 1.67 bits per heavy atom. The highest BCUT2D eigenvalue weighted by atomic mass is 16.5. The van der Waals surface area contributed by atoms with Crippen molar-refractivity contribution in [2.75, 3.05) is 0 Å². The minimum atomic E-state index is -0.657. The second kappa shape index (κ2) is 6.55. The molecule has 1 atom stereocenters. The highest BCUT2D eigenvalue weighted by Gasteiger charge is 2.12. The summed E-state index contributed by atoms with van der Waals surface area (Å²) in [6.07, 6.45) is -0.657. The molecule has 0 radical (unpaired) electrons. The molecule has 5 nitrogen and oxygen atoms in total. The average molecular weight is 281 g/mol. The van der Waals surface area contributed by atoms with Crippen LogP contribution < -0.4 is 16.0 Å². The smallest absolute Gasteiger partial charge is 0.274 e. The Kier molecular flexibility index (Phi) is 4.54. The van der Waals surface area contributed by atoms with Gasteiger partial charge in [0.25, 0.3) is 5.91 Å². The van der Waals surface area contributed by atoms with Crippen LogP contribution in [0.5, 0.6) is 5.75 Å². The van der Waals surface area contributed by atoms with Gasteiger partial charge in [-0.25, -0.2) is 5.84 Å².